The lowest BCUT2D eigenvalue weighted by molar-refractivity contribution is 0.193. The topological polar surface area (TPSA) is 73.7 Å². The van der Waals surface area contributed by atoms with Crippen LogP contribution in [-0.2, 0) is 17.1 Å². The highest BCUT2D eigenvalue weighted by atomic mass is 32.2. The first-order chi connectivity index (χ1) is 17.9. The van der Waals surface area contributed by atoms with Crippen LogP contribution in [-0.4, -0.2) is 57.1 Å². The molecule has 1 aliphatic heterocycles. The van der Waals surface area contributed by atoms with Crippen molar-refractivity contribution in [3.8, 4) is 11.4 Å². The van der Waals surface area contributed by atoms with Gasteiger partial charge in [-0.1, -0.05) is 30.3 Å². The molecular weight excluding hydrogens is 505 g/mol. The summed E-state index contributed by atoms with van der Waals surface area (Å²) in [6.07, 6.45) is 0.919. The number of nitrogens with zero attached hydrogens (tertiary/aromatic N) is 4. The summed E-state index contributed by atoms with van der Waals surface area (Å²) < 4.78 is 63.2. The number of ether oxygens (including phenoxy) is 1. The molecule has 2 aromatic carbocycles. The van der Waals surface area contributed by atoms with Crippen LogP contribution in [0.25, 0.3) is 5.69 Å². The molecule has 1 aromatic heterocycles. The van der Waals surface area contributed by atoms with Crippen LogP contribution in [0.3, 0.4) is 0 Å². The molecular formula is C26H27F3N4O3S. The quantitative estimate of drug-likeness (QED) is 0.432. The Labute approximate surface area is 215 Å². The van der Waals surface area contributed by atoms with Crippen molar-refractivity contribution in [1.82, 2.24) is 14.1 Å². The van der Waals surface area contributed by atoms with E-state index in [4.69, 9.17) is 4.74 Å². The first-order valence-corrected chi connectivity index (χ1v) is 13.5. The molecule has 1 saturated carbocycles. The fraction of sp³-hybridized carbons (Fsp3) is 0.385. The van der Waals surface area contributed by atoms with Crippen LogP contribution in [0.4, 0.5) is 18.9 Å². The molecule has 3 atom stereocenters. The standard InChI is InChI=1S/C26H27F3N4O3S/c27-19-6-7-23(15-19)36-25-24(16-30-33(26(25)34)22-13-20(28)12-21(29)14-22)31-8-10-32(11-9-31)37(35)17-18-4-2-1-3-5-18/h1-5,12-14,16,19,23H,6-11,15,17H2. The SMILES string of the molecule is O=c1c(OC2CCC(F)C2)c(N2CCN([S+]([O-])Cc3ccccc3)CC2)cnn1-c1cc(F)cc(F)c1. The van der Waals surface area contributed by atoms with Crippen LogP contribution in [0.5, 0.6) is 5.75 Å². The molecule has 1 aliphatic carbocycles. The Morgan fingerprint density at radius 2 is 1.73 bits per heavy atom. The van der Waals surface area contributed by atoms with Crippen molar-refractivity contribution in [3.63, 3.8) is 0 Å². The van der Waals surface area contributed by atoms with E-state index >= 15 is 0 Å². The van der Waals surface area contributed by atoms with Gasteiger partial charge in [0, 0.05) is 42.5 Å². The maximum atomic E-state index is 13.8. The van der Waals surface area contributed by atoms with Crippen LogP contribution < -0.4 is 15.2 Å². The van der Waals surface area contributed by atoms with Crippen molar-refractivity contribution in [2.45, 2.75) is 37.3 Å². The number of halogens is 3. The van der Waals surface area contributed by atoms with E-state index in [1.165, 1.54) is 6.20 Å². The highest BCUT2D eigenvalue weighted by Crippen LogP contribution is 2.31. The van der Waals surface area contributed by atoms with Crippen LogP contribution in [0.1, 0.15) is 24.8 Å². The van der Waals surface area contributed by atoms with E-state index in [0.29, 0.717) is 56.5 Å². The maximum absolute atomic E-state index is 13.8. The monoisotopic (exact) mass is 532 g/mol. The first-order valence-electron chi connectivity index (χ1n) is 12.2. The van der Waals surface area contributed by atoms with Crippen LogP contribution in [0.2, 0.25) is 0 Å². The second kappa shape index (κ2) is 11.2. The molecule has 0 spiro atoms. The summed E-state index contributed by atoms with van der Waals surface area (Å²) in [6.45, 7) is 1.92. The average Bonchev–Trinajstić information content (AvgIpc) is 3.30. The number of benzene rings is 2. The number of piperazine rings is 1. The average molecular weight is 533 g/mol. The Kier molecular flexibility index (Phi) is 7.73. The zero-order valence-corrected chi connectivity index (χ0v) is 20.9. The number of aromatic nitrogens is 2. The Morgan fingerprint density at radius 1 is 1.03 bits per heavy atom. The van der Waals surface area contributed by atoms with Gasteiger partial charge in [0.15, 0.2) is 5.75 Å². The highest BCUT2D eigenvalue weighted by Gasteiger charge is 2.32. The molecule has 5 rings (SSSR count). The summed E-state index contributed by atoms with van der Waals surface area (Å²) in [5.41, 5.74) is 0.659. The minimum absolute atomic E-state index is 0.0300. The van der Waals surface area contributed by atoms with Gasteiger partial charge in [-0.15, -0.1) is 4.31 Å². The summed E-state index contributed by atoms with van der Waals surface area (Å²) in [5, 5.41) is 4.17. The number of hydrogen-bond acceptors (Lipinski definition) is 6. The van der Waals surface area contributed by atoms with Crippen molar-refractivity contribution in [1.29, 1.82) is 0 Å². The van der Waals surface area contributed by atoms with Gasteiger partial charge in [0.05, 0.1) is 25.0 Å². The summed E-state index contributed by atoms with van der Waals surface area (Å²) >= 11 is -1.20. The Bertz CT molecular complexity index is 1270. The first kappa shape index (κ1) is 25.6. The van der Waals surface area contributed by atoms with Gasteiger partial charge in [0.1, 0.15) is 29.6 Å². The van der Waals surface area contributed by atoms with Crippen molar-refractivity contribution >= 4 is 17.0 Å². The summed E-state index contributed by atoms with van der Waals surface area (Å²) in [6, 6.07) is 12.3. The Balaban J connectivity index is 1.38. The molecule has 11 heteroatoms. The third kappa shape index (κ3) is 5.94. The van der Waals surface area contributed by atoms with E-state index in [0.717, 1.165) is 22.4 Å². The molecule has 0 N–H and O–H groups in total. The van der Waals surface area contributed by atoms with Gasteiger partial charge in [0.2, 0.25) is 5.75 Å². The predicted molar refractivity (Wildman–Crippen MR) is 135 cm³/mol. The number of anilines is 1. The van der Waals surface area contributed by atoms with E-state index in [1.54, 1.807) is 0 Å². The lowest BCUT2D eigenvalue weighted by atomic mass is 10.2. The zero-order chi connectivity index (χ0) is 25.9. The Morgan fingerprint density at radius 3 is 2.38 bits per heavy atom. The Hall–Kier alpha value is -3.02. The largest absolute Gasteiger partial charge is 0.598 e. The van der Waals surface area contributed by atoms with Gasteiger partial charge in [-0.2, -0.15) is 9.78 Å². The number of hydrogen-bond donors (Lipinski definition) is 0. The van der Waals surface area contributed by atoms with Crippen LogP contribution >= 0.6 is 0 Å². The van der Waals surface area contributed by atoms with E-state index < -0.39 is 40.8 Å². The van der Waals surface area contributed by atoms with E-state index in [2.05, 4.69) is 5.10 Å². The second-order valence-electron chi connectivity index (χ2n) is 9.22. The molecule has 2 aliphatic rings. The minimum Gasteiger partial charge on any atom is -0.598 e. The molecule has 7 nitrogen and oxygen atoms in total. The normalized spacial score (nSPS) is 21.2. The van der Waals surface area contributed by atoms with Gasteiger partial charge < -0.3 is 14.2 Å². The van der Waals surface area contributed by atoms with Crippen molar-refractivity contribution in [2.75, 3.05) is 31.1 Å². The van der Waals surface area contributed by atoms with Crippen molar-refractivity contribution < 1.29 is 22.5 Å². The molecule has 2 heterocycles. The van der Waals surface area contributed by atoms with E-state index in [9.17, 15) is 22.5 Å². The van der Waals surface area contributed by atoms with Crippen molar-refractivity contribution in [3.05, 3.63) is 82.3 Å². The maximum Gasteiger partial charge on any atom is 0.316 e. The van der Waals surface area contributed by atoms with E-state index in [1.807, 2.05) is 39.5 Å². The third-order valence-corrected chi connectivity index (χ3v) is 8.13. The lowest BCUT2D eigenvalue weighted by Gasteiger charge is -2.36. The fourth-order valence-corrected chi connectivity index (χ4v) is 5.94. The highest BCUT2D eigenvalue weighted by molar-refractivity contribution is 7.88. The molecule has 0 bridgehead atoms. The minimum atomic E-state index is -1.20. The molecule has 0 radical (unpaired) electrons. The fourth-order valence-electron chi connectivity index (χ4n) is 4.71. The predicted octanol–water partition coefficient (Wildman–Crippen LogP) is 3.77. The molecule has 1 saturated heterocycles. The van der Waals surface area contributed by atoms with E-state index in [-0.39, 0.29) is 17.9 Å². The summed E-state index contributed by atoms with van der Waals surface area (Å²) in [5.74, 6) is -1.29. The molecule has 2 fully saturated rings. The van der Waals surface area contributed by atoms with Crippen LogP contribution in [0.15, 0.2) is 59.5 Å². The number of alkyl halides is 1. The summed E-state index contributed by atoms with van der Waals surface area (Å²) in [4.78, 5) is 15.4. The summed E-state index contributed by atoms with van der Waals surface area (Å²) in [7, 11) is 0. The second-order valence-corrected chi connectivity index (χ2v) is 10.7. The van der Waals surface area contributed by atoms with Crippen molar-refractivity contribution in [2.24, 2.45) is 0 Å². The molecule has 196 valence electrons. The van der Waals surface area contributed by atoms with Gasteiger partial charge in [-0.25, -0.2) is 13.2 Å². The van der Waals surface area contributed by atoms with Gasteiger partial charge in [-0.3, -0.25) is 4.79 Å². The third-order valence-electron chi connectivity index (χ3n) is 6.61. The molecule has 3 unspecified atom stereocenters. The molecule has 0 amide bonds. The molecule has 37 heavy (non-hydrogen) atoms. The number of rotatable bonds is 7. The van der Waals surface area contributed by atoms with Gasteiger partial charge >= 0.3 is 5.56 Å². The smallest absolute Gasteiger partial charge is 0.316 e. The van der Waals surface area contributed by atoms with Crippen LogP contribution in [0, 0.1) is 11.6 Å². The lowest BCUT2D eigenvalue weighted by Crippen LogP contribution is -2.49. The zero-order valence-electron chi connectivity index (χ0n) is 20.1. The van der Waals surface area contributed by atoms with Gasteiger partial charge in [0.25, 0.3) is 0 Å². The molecule has 3 aromatic rings. The van der Waals surface area contributed by atoms with Gasteiger partial charge in [-0.05, 0) is 25.0 Å².